The third kappa shape index (κ3) is 3.50. The molecule has 0 spiro atoms. The molecule has 4 heteroatoms. The first-order chi connectivity index (χ1) is 8.66. The molecule has 0 radical (unpaired) electrons. The van der Waals surface area contributed by atoms with Crippen molar-refractivity contribution in [1.82, 2.24) is 0 Å². The van der Waals surface area contributed by atoms with Gasteiger partial charge in [-0.05, 0) is 37.5 Å². The van der Waals surface area contributed by atoms with Crippen LogP contribution in [0.15, 0.2) is 30.0 Å². The zero-order chi connectivity index (χ0) is 13.0. The molecule has 0 amide bonds. The fraction of sp³-hybridized carbons (Fsp3) is 0.357. The highest BCUT2D eigenvalue weighted by Gasteiger charge is 2.12. The Hall–Kier alpha value is -0.990. The van der Waals surface area contributed by atoms with Crippen molar-refractivity contribution in [2.75, 3.05) is 5.32 Å². The van der Waals surface area contributed by atoms with Crippen molar-refractivity contribution in [2.45, 2.75) is 32.1 Å². The summed E-state index contributed by atoms with van der Waals surface area (Å²) in [6.45, 7) is 0. The van der Waals surface area contributed by atoms with Crippen molar-refractivity contribution < 1.29 is 4.79 Å². The molecule has 0 atom stereocenters. The number of anilines is 1. The van der Waals surface area contributed by atoms with Crippen LogP contribution in [-0.4, -0.2) is 5.78 Å². The highest BCUT2D eigenvalue weighted by atomic mass is 35.5. The summed E-state index contributed by atoms with van der Waals surface area (Å²) < 4.78 is 0. The summed E-state index contributed by atoms with van der Waals surface area (Å²) in [5, 5.41) is 4.15. The van der Waals surface area contributed by atoms with Crippen LogP contribution in [0.5, 0.6) is 0 Å². The molecule has 2 rings (SSSR count). The summed E-state index contributed by atoms with van der Waals surface area (Å²) in [7, 11) is 0. The molecular weight excluding hydrogens is 269 g/mol. The molecule has 0 bridgehead atoms. The molecule has 1 N–H and O–H groups in total. The molecule has 0 unspecified atom stereocenters. The Bertz CT molecular complexity index is 483. The lowest BCUT2D eigenvalue weighted by Crippen LogP contribution is -2.02. The molecule has 0 aliphatic heterocycles. The van der Waals surface area contributed by atoms with Gasteiger partial charge in [0, 0.05) is 23.9 Å². The van der Waals surface area contributed by atoms with Crippen molar-refractivity contribution in [1.29, 1.82) is 0 Å². The van der Waals surface area contributed by atoms with Crippen LogP contribution in [-0.2, 0) is 4.79 Å². The Kier molecular flexibility index (Phi) is 4.67. The Morgan fingerprint density at radius 2 is 1.83 bits per heavy atom. The first-order valence-electron chi connectivity index (χ1n) is 6.10. The number of rotatable bonds is 2. The van der Waals surface area contributed by atoms with Crippen LogP contribution in [0.25, 0.3) is 0 Å². The summed E-state index contributed by atoms with van der Waals surface area (Å²) in [6.07, 6.45) is 6.54. The second-order valence-corrected chi connectivity index (χ2v) is 5.24. The predicted molar refractivity (Wildman–Crippen MR) is 76.3 cm³/mol. The van der Waals surface area contributed by atoms with E-state index in [1.165, 1.54) is 0 Å². The monoisotopic (exact) mass is 283 g/mol. The van der Waals surface area contributed by atoms with E-state index in [9.17, 15) is 4.79 Å². The number of hydrogen-bond acceptors (Lipinski definition) is 2. The summed E-state index contributed by atoms with van der Waals surface area (Å²) in [6, 6.07) is 5.33. The van der Waals surface area contributed by atoms with E-state index in [0.29, 0.717) is 16.5 Å². The molecule has 2 nitrogen and oxygen atoms in total. The number of benzene rings is 1. The van der Waals surface area contributed by atoms with E-state index in [0.717, 1.165) is 36.9 Å². The van der Waals surface area contributed by atoms with Gasteiger partial charge in [0.1, 0.15) is 0 Å². The number of Topliss-reactive ketones (excluding diaryl/α,β-unsaturated/α-hetero) is 1. The molecule has 18 heavy (non-hydrogen) atoms. The zero-order valence-electron chi connectivity index (χ0n) is 10.0. The molecule has 1 fully saturated rings. The van der Waals surface area contributed by atoms with Gasteiger partial charge < -0.3 is 5.32 Å². The van der Waals surface area contributed by atoms with E-state index in [1.807, 2.05) is 6.07 Å². The Morgan fingerprint density at radius 3 is 2.61 bits per heavy atom. The summed E-state index contributed by atoms with van der Waals surface area (Å²) in [4.78, 5) is 11.8. The number of hydrogen-bond donors (Lipinski definition) is 1. The average molecular weight is 284 g/mol. The number of halogens is 2. The van der Waals surface area contributed by atoms with Crippen molar-refractivity contribution >= 4 is 34.7 Å². The van der Waals surface area contributed by atoms with Crippen LogP contribution in [0, 0.1) is 0 Å². The minimum atomic E-state index is 0.250. The molecule has 96 valence electrons. The Morgan fingerprint density at radius 1 is 1.06 bits per heavy atom. The SMILES string of the molecule is O=C1CCCCCC1=CNc1ccc(Cl)c(Cl)c1. The largest absolute Gasteiger partial charge is 0.361 e. The summed E-state index contributed by atoms with van der Waals surface area (Å²) in [5.41, 5.74) is 1.72. The first-order valence-corrected chi connectivity index (χ1v) is 6.86. The topological polar surface area (TPSA) is 29.1 Å². The third-order valence-corrected chi connectivity index (χ3v) is 3.78. The van der Waals surface area contributed by atoms with E-state index in [-0.39, 0.29) is 5.78 Å². The molecule has 0 heterocycles. The second-order valence-electron chi connectivity index (χ2n) is 4.43. The third-order valence-electron chi connectivity index (χ3n) is 3.04. The fourth-order valence-corrected chi connectivity index (χ4v) is 2.28. The van der Waals surface area contributed by atoms with Crippen molar-refractivity contribution in [3.05, 3.63) is 40.0 Å². The Labute approximate surface area is 117 Å². The minimum absolute atomic E-state index is 0.250. The normalized spacial score (nSPS) is 18.8. The van der Waals surface area contributed by atoms with Gasteiger partial charge in [-0.25, -0.2) is 0 Å². The smallest absolute Gasteiger partial charge is 0.160 e. The number of ketones is 1. The van der Waals surface area contributed by atoms with Gasteiger partial charge in [0.2, 0.25) is 0 Å². The van der Waals surface area contributed by atoms with Gasteiger partial charge in [-0.15, -0.1) is 0 Å². The van der Waals surface area contributed by atoms with Crippen molar-refractivity contribution in [3.8, 4) is 0 Å². The number of allylic oxidation sites excluding steroid dienone is 1. The number of carbonyl (C=O) groups excluding carboxylic acids is 1. The quantitative estimate of drug-likeness (QED) is 0.623. The van der Waals surface area contributed by atoms with Crippen LogP contribution in [0.1, 0.15) is 32.1 Å². The maximum absolute atomic E-state index is 11.8. The van der Waals surface area contributed by atoms with Crippen LogP contribution < -0.4 is 5.32 Å². The van der Waals surface area contributed by atoms with E-state index < -0.39 is 0 Å². The molecular formula is C14H15Cl2NO. The number of carbonyl (C=O) groups is 1. The highest BCUT2D eigenvalue weighted by molar-refractivity contribution is 6.42. The Balaban J connectivity index is 2.08. The van der Waals surface area contributed by atoms with Gasteiger partial charge in [-0.2, -0.15) is 0 Å². The van der Waals surface area contributed by atoms with E-state index in [2.05, 4.69) is 5.32 Å². The number of nitrogens with one attached hydrogen (secondary N) is 1. The van der Waals surface area contributed by atoms with Crippen LogP contribution in [0.2, 0.25) is 10.0 Å². The van der Waals surface area contributed by atoms with Gasteiger partial charge in [0.25, 0.3) is 0 Å². The van der Waals surface area contributed by atoms with Gasteiger partial charge in [0.15, 0.2) is 5.78 Å². The predicted octanol–water partition coefficient (Wildman–Crippen LogP) is 4.82. The fourth-order valence-electron chi connectivity index (χ4n) is 1.99. The highest BCUT2D eigenvalue weighted by Crippen LogP contribution is 2.25. The van der Waals surface area contributed by atoms with Crippen LogP contribution in [0.4, 0.5) is 5.69 Å². The lowest BCUT2D eigenvalue weighted by atomic mass is 10.1. The maximum atomic E-state index is 11.8. The van der Waals surface area contributed by atoms with Crippen LogP contribution >= 0.6 is 23.2 Å². The van der Waals surface area contributed by atoms with E-state index in [1.54, 1.807) is 18.3 Å². The van der Waals surface area contributed by atoms with Crippen molar-refractivity contribution in [3.63, 3.8) is 0 Å². The molecule has 1 aliphatic carbocycles. The average Bonchev–Trinajstić information content (AvgIpc) is 2.56. The molecule has 1 saturated carbocycles. The molecule has 0 aromatic heterocycles. The molecule has 1 aromatic carbocycles. The minimum Gasteiger partial charge on any atom is -0.361 e. The molecule has 1 aliphatic rings. The zero-order valence-corrected chi connectivity index (χ0v) is 11.5. The van der Waals surface area contributed by atoms with Crippen molar-refractivity contribution in [2.24, 2.45) is 0 Å². The summed E-state index contributed by atoms with van der Waals surface area (Å²) in [5.74, 6) is 0.250. The lowest BCUT2D eigenvalue weighted by molar-refractivity contribution is -0.115. The van der Waals surface area contributed by atoms with Gasteiger partial charge in [0.05, 0.1) is 10.0 Å². The maximum Gasteiger partial charge on any atom is 0.160 e. The lowest BCUT2D eigenvalue weighted by Gasteiger charge is -2.06. The van der Waals surface area contributed by atoms with E-state index in [4.69, 9.17) is 23.2 Å². The van der Waals surface area contributed by atoms with Crippen LogP contribution in [0.3, 0.4) is 0 Å². The molecule has 0 saturated heterocycles. The van der Waals surface area contributed by atoms with Gasteiger partial charge in [-0.3, -0.25) is 4.79 Å². The standard InChI is InChI=1S/C14H15Cl2NO/c15-12-7-6-11(8-13(12)16)17-9-10-4-2-1-3-5-14(10)18/h6-9,17H,1-5H2. The van der Waals surface area contributed by atoms with E-state index >= 15 is 0 Å². The first kappa shape index (κ1) is 13.4. The summed E-state index contributed by atoms with van der Waals surface area (Å²) >= 11 is 11.8. The second kappa shape index (κ2) is 6.26. The molecule has 1 aromatic rings. The van der Waals surface area contributed by atoms with Gasteiger partial charge in [-0.1, -0.05) is 29.6 Å². The van der Waals surface area contributed by atoms with Gasteiger partial charge >= 0.3 is 0 Å².